The van der Waals surface area contributed by atoms with E-state index in [4.69, 9.17) is 0 Å². The zero-order valence-corrected chi connectivity index (χ0v) is 8.30. The van der Waals surface area contributed by atoms with E-state index in [-0.39, 0.29) is 0 Å². The van der Waals surface area contributed by atoms with Crippen molar-refractivity contribution < 1.29 is 0 Å². The van der Waals surface area contributed by atoms with Crippen molar-refractivity contribution in [2.24, 2.45) is 0 Å². The Hall–Kier alpha value is -0.890. The fraction of sp³-hybridized carbons (Fsp3) is 0.100. The number of benzene rings is 1. The summed E-state index contributed by atoms with van der Waals surface area (Å²) in [6.45, 7) is 2.00. The van der Waals surface area contributed by atoms with E-state index in [1.165, 1.54) is 10.8 Å². The van der Waals surface area contributed by atoms with Crippen LogP contribution in [0.1, 0.15) is 5.69 Å². The lowest BCUT2D eigenvalue weighted by Gasteiger charge is -1.99. The highest BCUT2D eigenvalue weighted by Crippen LogP contribution is 2.23. The van der Waals surface area contributed by atoms with Crippen LogP contribution in [-0.2, 0) is 0 Å². The number of hydrogen-bond acceptors (Lipinski definition) is 1. The third-order valence-electron chi connectivity index (χ3n) is 1.85. The average molecular weight is 222 g/mol. The minimum Gasteiger partial charge on any atom is -0.261 e. The summed E-state index contributed by atoms with van der Waals surface area (Å²) < 4.78 is 1.13. The fourth-order valence-electron chi connectivity index (χ4n) is 1.24. The summed E-state index contributed by atoms with van der Waals surface area (Å²) in [5.74, 6) is 0. The highest BCUT2D eigenvalue weighted by Gasteiger charge is 1.97. The Morgan fingerprint density at radius 1 is 1.33 bits per heavy atom. The summed E-state index contributed by atoms with van der Waals surface area (Å²) in [6.07, 6.45) is 1.90. The first kappa shape index (κ1) is 7.74. The monoisotopic (exact) mass is 221 g/mol. The van der Waals surface area contributed by atoms with Crippen LogP contribution in [-0.4, -0.2) is 4.98 Å². The Labute approximate surface area is 79.6 Å². The van der Waals surface area contributed by atoms with Crippen molar-refractivity contribution in [2.45, 2.75) is 6.92 Å². The number of aromatic nitrogens is 1. The van der Waals surface area contributed by atoms with Gasteiger partial charge < -0.3 is 0 Å². The minimum absolute atomic E-state index is 1.05. The van der Waals surface area contributed by atoms with Gasteiger partial charge in [0.05, 0.1) is 0 Å². The molecule has 1 aromatic heterocycles. The van der Waals surface area contributed by atoms with Crippen LogP contribution in [0.5, 0.6) is 0 Å². The molecule has 0 fully saturated rings. The molecule has 0 radical (unpaired) electrons. The van der Waals surface area contributed by atoms with Gasteiger partial charge in [0, 0.05) is 21.7 Å². The number of rotatable bonds is 0. The number of fused-ring (bicyclic) bond motifs is 1. The van der Waals surface area contributed by atoms with E-state index < -0.39 is 0 Å². The van der Waals surface area contributed by atoms with Gasteiger partial charge in [-0.3, -0.25) is 4.98 Å². The van der Waals surface area contributed by atoms with Crippen molar-refractivity contribution in [2.75, 3.05) is 0 Å². The van der Waals surface area contributed by atoms with Gasteiger partial charge in [-0.1, -0.05) is 28.1 Å². The molecule has 0 spiro atoms. The Kier molecular flexibility index (Phi) is 1.85. The first-order valence-corrected chi connectivity index (χ1v) is 4.57. The standard InChI is InChI=1S/C10H8BrN/c1-7-5-9-8(6-12-7)3-2-4-10(9)11/h2-6H,1H3. The predicted molar refractivity (Wildman–Crippen MR) is 54.2 cm³/mol. The molecule has 0 atom stereocenters. The summed E-state index contributed by atoms with van der Waals surface area (Å²) in [7, 11) is 0. The maximum Gasteiger partial charge on any atom is 0.0379 e. The predicted octanol–water partition coefficient (Wildman–Crippen LogP) is 3.31. The Bertz CT molecular complexity index is 423. The molecule has 2 heteroatoms. The zero-order valence-electron chi connectivity index (χ0n) is 6.71. The van der Waals surface area contributed by atoms with Gasteiger partial charge in [-0.25, -0.2) is 0 Å². The molecule has 0 aliphatic heterocycles. The van der Waals surface area contributed by atoms with E-state index in [1.807, 2.05) is 25.3 Å². The molecule has 60 valence electrons. The second kappa shape index (κ2) is 2.87. The highest BCUT2D eigenvalue weighted by molar-refractivity contribution is 9.10. The topological polar surface area (TPSA) is 12.9 Å². The highest BCUT2D eigenvalue weighted by atomic mass is 79.9. The smallest absolute Gasteiger partial charge is 0.0379 e. The summed E-state index contributed by atoms with van der Waals surface area (Å²) in [6, 6.07) is 8.21. The molecular weight excluding hydrogens is 214 g/mol. The molecule has 12 heavy (non-hydrogen) atoms. The molecule has 0 bridgehead atoms. The summed E-state index contributed by atoms with van der Waals surface area (Å²) >= 11 is 3.50. The van der Waals surface area contributed by atoms with E-state index in [9.17, 15) is 0 Å². The van der Waals surface area contributed by atoms with Crippen molar-refractivity contribution in [3.63, 3.8) is 0 Å². The normalized spacial score (nSPS) is 10.5. The number of hydrogen-bond donors (Lipinski definition) is 0. The van der Waals surface area contributed by atoms with Crippen LogP contribution in [0.25, 0.3) is 10.8 Å². The second-order valence-electron chi connectivity index (χ2n) is 2.79. The summed E-state index contributed by atoms with van der Waals surface area (Å²) in [5, 5.41) is 2.40. The third-order valence-corrected chi connectivity index (χ3v) is 2.54. The SMILES string of the molecule is Cc1cc2c(Br)cccc2cn1. The van der Waals surface area contributed by atoms with Crippen molar-refractivity contribution in [3.8, 4) is 0 Å². The van der Waals surface area contributed by atoms with Crippen LogP contribution in [0.3, 0.4) is 0 Å². The lowest BCUT2D eigenvalue weighted by atomic mass is 10.1. The van der Waals surface area contributed by atoms with Gasteiger partial charge >= 0.3 is 0 Å². The van der Waals surface area contributed by atoms with Crippen molar-refractivity contribution in [1.29, 1.82) is 0 Å². The van der Waals surface area contributed by atoms with Crippen molar-refractivity contribution >= 4 is 26.7 Å². The molecule has 0 N–H and O–H groups in total. The molecule has 0 aliphatic rings. The molecule has 1 heterocycles. The lowest BCUT2D eigenvalue weighted by Crippen LogP contribution is -1.81. The first-order valence-electron chi connectivity index (χ1n) is 3.78. The van der Waals surface area contributed by atoms with E-state index in [1.54, 1.807) is 0 Å². The van der Waals surface area contributed by atoms with Crippen molar-refractivity contribution in [1.82, 2.24) is 4.98 Å². The van der Waals surface area contributed by atoms with Gasteiger partial charge in [-0.2, -0.15) is 0 Å². The van der Waals surface area contributed by atoms with Crippen LogP contribution in [0.2, 0.25) is 0 Å². The molecule has 0 saturated heterocycles. The number of aryl methyl sites for hydroxylation is 1. The second-order valence-corrected chi connectivity index (χ2v) is 3.64. The Balaban J connectivity index is 2.88. The average Bonchev–Trinajstić information content (AvgIpc) is 2.07. The summed E-state index contributed by atoms with van der Waals surface area (Å²) in [4.78, 5) is 4.23. The molecule has 0 unspecified atom stereocenters. The van der Waals surface area contributed by atoms with E-state index in [0.717, 1.165) is 10.2 Å². The number of nitrogens with zero attached hydrogens (tertiary/aromatic N) is 1. The van der Waals surface area contributed by atoms with Gasteiger partial charge in [-0.05, 0) is 24.4 Å². The first-order chi connectivity index (χ1) is 5.77. The zero-order chi connectivity index (χ0) is 8.55. The largest absolute Gasteiger partial charge is 0.261 e. The maximum atomic E-state index is 4.23. The van der Waals surface area contributed by atoms with E-state index >= 15 is 0 Å². The van der Waals surface area contributed by atoms with Crippen LogP contribution in [0.4, 0.5) is 0 Å². The molecular formula is C10H8BrN. The Morgan fingerprint density at radius 3 is 3.00 bits per heavy atom. The number of halogens is 1. The van der Waals surface area contributed by atoms with Crippen LogP contribution in [0.15, 0.2) is 34.9 Å². The fourth-order valence-corrected chi connectivity index (χ4v) is 1.73. The van der Waals surface area contributed by atoms with Gasteiger partial charge in [0.25, 0.3) is 0 Å². The lowest BCUT2D eigenvalue weighted by molar-refractivity contribution is 1.22. The van der Waals surface area contributed by atoms with Crippen LogP contribution in [0, 0.1) is 6.92 Å². The van der Waals surface area contributed by atoms with Crippen molar-refractivity contribution in [3.05, 3.63) is 40.6 Å². The molecule has 0 aliphatic carbocycles. The van der Waals surface area contributed by atoms with Gasteiger partial charge in [0.2, 0.25) is 0 Å². The molecule has 0 amide bonds. The number of pyridine rings is 1. The molecule has 2 aromatic rings. The van der Waals surface area contributed by atoms with Gasteiger partial charge in [0.15, 0.2) is 0 Å². The van der Waals surface area contributed by atoms with Gasteiger partial charge in [-0.15, -0.1) is 0 Å². The molecule has 1 nitrogen and oxygen atoms in total. The van der Waals surface area contributed by atoms with E-state index in [2.05, 4.69) is 33.0 Å². The summed E-state index contributed by atoms with van der Waals surface area (Å²) in [5.41, 5.74) is 1.05. The van der Waals surface area contributed by atoms with Crippen LogP contribution >= 0.6 is 15.9 Å². The molecule has 0 saturated carbocycles. The Morgan fingerprint density at radius 2 is 2.17 bits per heavy atom. The minimum atomic E-state index is 1.05. The molecule has 2 rings (SSSR count). The van der Waals surface area contributed by atoms with E-state index in [0.29, 0.717) is 0 Å². The quantitative estimate of drug-likeness (QED) is 0.666. The maximum absolute atomic E-state index is 4.23. The van der Waals surface area contributed by atoms with Crippen LogP contribution < -0.4 is 0 Å². The van der Waals surface area contributed by atoms with Gasteiger partial charge in [0.1, 0.15) is 0 Å². The molecule has 1 aromatic carbocycles. The third kappa shape index (κ3) is 1.23.